The van der Waals surface area contributed by atoms with Crippen LogP contribution in [0.1, 0.15) is 42.7 Å². The van der Waals surface area contributed by atoms with Crippen molar-refractivity contribution in [2.75, 3.05) is 35.8 Å². The van der Waals surface area contributed by atoms with Gasteiger partial charge in [0, 0.05) is 46.4 Å². The molecule has 0 saturated carbocycles. The van der Waals surface area contributed by atoms with Crippen molar-refractivity contribution >= 4 is 62.6 Å². The molecule has 3 aromatic carbocycles. The minimum absolute atomic E-state index is 0.220. The molecule has 1 aromatic heterocycles. The summed E-state index contributed by atoms with van der Waals surface area (Å²) in [5.41, 5.74) is 2.06. The number of carbonyl (C=O) groups excluding carboxylic acids is 3. The van der Waals surface area contributed by atoms with E-state index in [1.54, 1.807) is 62.1 Å². The first-order valence-electron chi connectivity index (χ1n) is 16.1. The lowest BCUT2D eigenvalue weighted by Crippen LogP contribution is -2.60. The van der Waals surface area contributed by atoms with Crippen LogP contribution in [0.15, 0.2) is 54.6 Å². The van der Waals surface area contributed by atoms with Gasteiger partial charge in [-0.05, 0) is 56.0 Å². The molecule has 15 heteroatoms. The number of carbonyl (C=O) groups is 3. The molecule has 4 aromatic rings. The van der Waals surface area contributed by atoms with E-state index in [-0.39, 0.29) is 42.2 Å². The number of H-pyrrole nitrogens is 1. The third-order valence-corrected chi connectivity index (χ3v) is 8.95. The number of hydrogen-bond donors (Lipinski definition) is 7. The monoisotopic (exact) mass is 710 g/mol. The quantitative estimate of drug-likeness (QED) is 0.133. The number of aliphatic hydroxyl groups is 4. The van der Waals surface area contributed by atoms with Gasteiger partial charge < -0.3 is 55.2 Å². The molecule has 3 amide bonds. The second kappa shape index (κ2) is 14.1. The summed E-state index contributed by atoms with van der Waals surface area (Å²) >= 11 is 6.45. The highest BCUT2D eigenvalue weighted by atomic mass is 35.5. The summed E-state index contributed by atoms with van der Waals surface area (Å²) in [6.45, 7) is 4.52. The number of ether oxygens (including phenoxy) is 3. The number of rotatable bonds is 8. The number of nitrogens with one attached hydrogen (secondary N) is 3. The number of benzene rings is 3. The molecular weight excluding hydrogens is 672 g/mol. The van der Waals surface area contributed by atoms with E-state index in [0.717, 1.165) is 10.9 Å². The predicted octanol–water partition coefficient (Wildman–Crippen LogP) is 2.95. The second-order valence-electron chi connectivity index (χ2n) is 13.3. The molecule has 1 saturated heterocycles. The summed E-state index contributed by atoms with van der Waals surface area (Å²) in [4.78, 5) is 43.3. The molecule has 1 fully saturated rings. The van der Waals surface area contributed by atoms with Gasteiger partial charge in [0.2, 0.25) is 12.2 Å². The van der Waals surface area contributed by atoms with Crippen LogP contribution in [0.4, 0.5) is 16.2 Å². The van der Waals surface area contributed by atoms with Gasteiger partial charge in [0.05, 0.1) is 12.3 Å². The maximum atomic E-state index is 14.1. The zero-order valence-electron chi connectivity index (χ0n) is 27.6. The van der Waals surface area contributed by atoms with Gasteiger partial charge in [-0.3, -0.25) is 9.59 Å². The third kappa shape index (κ3) is 7.08. The molecular formula is C35H39ClN4O10. The van der Waals surface area contributed by atoms with Crippen LogP contribution in [0.2, 0.25) is 0 Å². The summed E-state index contributed by atoms with van der Waals surface area (Å²) in [5.74, 6) is -0.558. The van der Waals surface area contributed by atoms with E-state index in [4.69, 9.17) is 25.8 Å². The van der Waals surface area contributed by atoms with Crippen molar-refractivity contribution in [2.45, 2.75) is 63.0 Å². The van der Waals surface area contributed by atoms with Gasteiger partial charge in [0.15, 0.2) is 0 Å². The van der Waals surface area contributed by atoms with Crippen LogP contribution in [0.25, 0.3) is 21.7 Å². The van der Waals surface area contributed by atoms with E-state index in [0.29, 0.717) is 27.7 Å². The smallest absolute Gasteiger partial charge is 0.408 e. The summed E-state index contributed by atoms with van der Waals surface area (Å²) in [7, 11) is 0. The first kappa shape index (κ1) is 35.4. The van der Waals surface area contributed by atoms with Crippen LogP contribution in [0.5, 0.6) is 5.75 Å². The van der Waals surface area contributed by atoms with E-state index in [9.17, 15) is 34.8 Å². The molecule has 266 valence electrons. The molecule has 3 heterocycles. The minimum atomic E-state index is -1.63. The lowest BCUT2D eigenvalue weighted by Gasteiger charge is -2.39. The number of nitrogens with zero attached hydrogens (tertiary/aromatic N) is 1. The first-order valence-corrected chi connectivity index (χ1v) is 16.6. The average molecular weight is 711 g/mol. The van der Waals surface area contributed by atoms with Crippen molar-refractivity contribution < 1.29 is 49.0 Å². The molecule has 7 N–H and O–H groups in total. The van der Waals surface area contributed by atoms with Crippen LogP contribution in [-0.4, -0.2) is 105 Å². The standard InChI is InChI=1S/C35H39ClN4O10/c1-35(2,3)50-34(47)37-14-27(42)38-19-8-9-22-17(10-19)11-23(39-22)32(46)40-15-18(13-36)28-21-7-5-4-6-20(21)25(12-24(28)40)48-33-31(45)30(44)29(43)26(16-41)49-33/h4-12,18,26,29-31,33,39,41,43-45H,13-16H2,1-3H3,(H,37,47)(H,38,42)/t18?,26?,29-,30?,31?,33+/m0/s1. The number of alkyl carbamates (subject to hydrolysis) is 1. The highest BCUT2D eigenvalue weighted by molar-refractivity contribution is 6.19. The predicted molar refractivity (Wildman–Crippen MR) is 185 cm³/mol. The summed E-state index contributed by atoms with van der Waals surface area (Å²) in [6.07, 6.45) is -8.11. The van der Waals surface area contributed by atoms with Crippen molar-refractivity contribution in [3.8, 4) is 5.75 Å². The normalized spacial score (nSPS) is 23.5. The minimum Gasteiger partial charge on any atom is -0.461 e. The molecule has 0 aliphatic carbocycles. The van der Waals surface area contributed by atoms with Gasteiger partial charge in [-0.25, -0.2) is 4.79 Å². The van der Waals surface area contributed by atoms with E-state index in [1.807, 2.05) is 18.2 Å². The number of aromatic nitrogens is 1. The van der Waals surface area contributed by atoms with E-state index in [1.165, 1.54) is 0 Å². The lowest BCUT2D eigenvalue weighted by molar-refractivity contribution is -0.277. The zero-order chi connectivity index (χ0) is 35.9. The molecule has 6 rings (SSSR count). The Morgan fingerprint density at radius 1 is 1.02 bits per heavy atom. The molecule has 2 aliphatic rings. The molecule has 0 spiro atoms. The van der Waals surface area contributed by atoms with Crippen molar-refractivity contribution in [2.24, 2.45) is 0 Å². The molecule has 0 bridgehead atoms. The molecule has 50 heavy (non-hydrogen) atoms. The number of aromatic amines is 1. The number of alkyl halides is 1. The van der Waals surface area contributed by atoms with E-state index >= 15 is 0 Å². The highest BCUT2D eigenvalue weighted by Gasteiger charge is 2.45. The maximum Gasteiger partial charge on any atom is 0.408 e. The van der Waals surface area contributed by atoms with Crippen LogP contribution >= 0.6 is 11.6 Å². The largest absolute Gasteiger partial charge is 0.461 e. The van der Waals surface area contributed by atoms with Crippen molar-refractivity contribution in [1.29, 1.82) is 0 Å². The SMILES string of the molecule is CC(C)(C)OC(=O)NCC(=O)Nc1ccc2[nH]c(C(=O)N3CC(CCl)c4c3cc(O[C@@H]3OC(CO)[C@H](O)C(O)C3O)c3ccccc43)cc2c1. The van der Waals surface area contributed by atoms with Gasteiger partial charge in [0.25, 0.3) is 5.91 Å². The van der Waals surface area contributed by atoms with Crippen LogP contribution < -0.4 is 20.3 Å². The number of fused-ring (bicyclic) bond motifs is 4. The lowest BCUT2D eigenvalue weighted by atomic mass is 9.95. The summed E-state index contributed by atoms with van der Waals surface area (Å²) < 4.78 is 16.9. The van der Waals surface area contributed by atoms with E-state index in [2.05, 4.69) is 15.6 Å². The van der Waals surface area contributed by atoms with Crippen molar-refractivity contribution in [1.82, 2.24) is 10.3 Å². The Kier molecular flexibility index (Phi) is 9.95. The van der Waals surface area contributed by atoms with Crippen LogP contribution in [0, 0.1) is 0 Å². The second-order valence-corrected chi connectivity index (χ2v) is 13.6. The fourth-order valence-corrected chi connectivity index (χ4v) is 6.51. The van der Waals surface area contributed by atoms with Crippen LogP contribution in [-0.2, 0) is 14.3 Å². The van der Waals surface area contributed by atoms with Crippen molar-refractivity contribution in [3.05, 3.63) is 65.9 Å². The first-order chi connectivity index (χ1) is 23.8. The Labute approximate surface area is 291 Å². The average Bonchev–Trinajstić information content (AvgIpc) is 3.68. The van der Waals surface area contributed by atoms with Gasteiger partial charge in [-0.15, -0.1) is 11.6 Å². The fourth-order valence-electron chi connectivity index (χ4n) is 6.26. The Morgan fingerprint density at radius 2 is 1.76 bits per heavy atom. The number of amides is 3. The van der Waals surface area contributed by atoms with Crippen LogP contribution in [0.3, 0.4) is 0 Å². The number of aliphatic hydroxyl groups excluding tert-OH is 4. The maximum absolute atomic E-state index is 14.1. The topological polar surface area (TPSA) is 203 Å². The Balaban J connectivity index is 1.26. The summed E-state index contributed by atoms with van der Waals surface area (Å²) in [6, 6.07) is 15.8. The van der Waals surface area contributed by atoms with Gasteiger partial charge in [0.1, 0.15) is 48.0 Å². The van der Waals surface area contributed by atoms with Crippen molar-refractivity contribution in [3.63, 3.8) is 0 Å². The fraction of sp³-hybridized carbons (Fsp3) is 0.400. The zero-order valence-corrected chi connectivity index (χ0v) is 28.3. The molecule has 0 radical (unpaired) electrons. The number of hydrogen-bond acceptors (Lipinski definition) is 10. The molecule has 14 nitrogen and oxygen atoms in total. The van der Waals surface area contributed by atoms with Gasteiger partial charge in [-0.1, -0.05) is 24.3 Å². The highest BCUT2D eigenvalue weighted by Crippen LogP contribution is 2.46. The Bertz CT molecular complexity index is 1920. The number of halogens is 1. The van der Waals surface area contributed by atoms with E-state index < -0.39 is 54.9 Å². The summed E-state index contributed by atoms with van der Waals surface area (Å²) in [5, 5.41) is 48.1. The van der Waals surface area contributed by atoms with Gasteiger partial charge in [-0.2, -0.15) is 0 Å². The molecule has 4 unspecified atom stereocenters. The molecule has 6 atom stereocenters. The number of anilines is 2. The Hall–Kier alpha value is -4.44. The Morgan fingerprint density at radius 3 is 2.46 bits per heavy atom. The van der Waals surface area contributed by atoms with Gasteiger partial charge >= 0.3 is 6.09 Å². The molecule has 2 aliphatic heterocycles. The third-order valence-electron chi connectivity index (χ3n) is 8.58.